The van der Waals surface area contributed by atoms with Crippen LogP contribution in [0.3, 0.4) is 0 Å². The Bertz CT molecular complexity index is 80.5. The Morgan fingerprint density at radius 2 is 2.38 bits per heavy atom. The van der Waals surface area contributed by atoms with Crippen molar-refractivity contribution in [3.8, 4) is 0 Å². The highest BCUT2D eigenvalue weighted by Gasteiger charge is 1.99. The van der Waals surface area contributed by atoms with Crippen LogP contribution in [0.2, 0.25) is 0 Å². The normalized spacial score (nSPS) is 21.8. The van der Waals surface area contributed by atoms with Gasteiger partial charge in [0.25, 0.3) is 0 Å². The molecule has 0 aliphatic carbocycles. The molecule has 0 atom stereocenters. The average Bonchev–Trinajstić information content (AvgIpc) is 1.94. The molecule has 46 valence electrons. The van der Waals surface area contributed by atoms with Crippen LogP contribution in [0.4, 0.5) is 0 Å². The number of rotatable bonds is 0. The number of allylic oxidation sites excluding steroid dienone is 1. The lowest BCUT2D eigenvalue weighted by atomic mass is 10.2. The molecule has 8 heavy (non-hydrogen) atoms. The predicted octanol–water partition coefficient (Wildman–Crippen LogP) is 1.21. The van der Waals surface area contributed by atoms with E-state index in [-0.39, 0.29) is 0 Å². The summed E-state index contributed by atoms with van der Waals surface area (Å²) in [7, 11) is 0. The van der Waals surface area contributed by atoms with Crippen molar-refractivity contribution >= 4 is 0 Å². The van der Waals surface area contributed by atoms with Crippen LogP contribution in [-0.2, 0) is 4.84 Å². The van der Waals surface area contributed by atoms with Crippen LogP contribution in [0.25, 0.3) is 0 Å². The zero-order chi connectivity index (χ0) is 5.82. The van der Waals surface area contributed by atoms with E-state index in [9.17, 15) is 0 Å². The van der Waals surface area contributed by atoms with Gasteiger partial charge in [0.05, 0.1) is 0 Å². The molecular weight excluding hydrogens is 102 g/mol. The second kappa shape index (κ2) is 2.72. The third-order valence-corrected chi connectivity index (χ3v) is 1.20. The second-order valence-corrected chi connectivity index (χ2v) is 1.99. The summed E-state index contributed by atoms with van der Waals surface area (Å²) >= 11 is 0. The van der Waals surface area contributed by atoms with Crippen molar-refractivity contribution < 1.29 is 4.84 Å². The van der Waals surface area contributed by atoms with Crippen LogP contribution in [0.15, 0.2) is 12.3 Å². The van der Waals surface area contributed by atoms with E-state index in [4.69, 9.17) is 4.84 Å². The highest BCUT2D eigenvalue weighted by atomic mass is 16.6. The molecule has 1 fully saturated rings. The topological polar surface area (TPSA) is 21.3 Å². The van der Waals surface area contributed by atoms with Crippen molar-refractivity contribution in [2.24, 2.45) is 0 Å². The van der Waals surface area contributed by atoms with Gasteiger partial charge < -0.3 is 4.84 Å². The summed E-state index contributed by atoms with van der Waals surface area (Å²) in [5.41, 5.74) is 2.80. The Balaban J connectivity index is 2.27. The molecule has 1 saturated heterocycles. The van der Waals surface area contributed by atoms with E-state index >= 15 is 0 Å². The van der Waals surface area contributed by atoms with E-state index in [1.54, 1.807) is 0 Å². The first-order valence-corrected chi connectivity index (χ1v) is 2.97. The fraction of sp³-hybridized carbons (Fsp3) is 0.667. The van der Waals surface area contributed by atoms with Gasteiger partial charge >= 0.3 is 0 Å². The molecule has 0 aromatic carbocycles. The van der Waals surface area contributed by atoms with Crippen LogP contribution >= 0.6 is 0 Å². The van der Waals surface area contributed by atoms with Crippen molar-refractivity contribution in [2.75, 3.05) is 6.54 Å². The van der Waals surface area contributed by atoms with Gasteiger partial charge in [-0.15, -0.1) is 0 Å². The molecule has 2 nitrogen and oxygen atoms in total. The van der Waals surface area contributed by atoms with Gasteiger partial charge in [-0.1, -0.05) is 6.58 Å². The number of hydroxylamine groups is 1. The van der Waals surface area contributed by atoms with Gasteiger partial charge in [0, 0.05) is 13.0 Å². The van der Waals surface area contributed by atoms with Gasteiger partial charge in [-0.05, 0) is 12.8 Å². The monoisotopic (exact) mass is 113 g/mol. The van der Waals surface area contributed by atoms with Gasteiger partial charge in [0.2, 0.25) is 0 Å². The van der Waals surface area contributed by atoms with Gasteiger partial charge in [0.1, 0.15) is 5.76 Å². The summed E-state index contributed by atoms with van der Waals surface area (Å²) in [5.74, 6) is 0.863. The Morgan fingerprint density at radius 3 is 3.25 bits per heavy atom. The predicted molar refractivity (Wildman–Crippen MR) is 32.1 cm³/mol. The van der Waals surface area contributed by atoms with Gasteiger partial charge in [-0.2, -0.15) is 5.48 Å². The molecule has 0 saturated carbocycles. The van der Waals surface area contributed by atoms with Crippen molar-refractivity contribution in [1.82, 2.24) is 5.48 Å². The lowest BCUT2D eigenvalue weighted by Gasteiger charge is -2.00. The van der Waals surface area contributed by atoms with E-state index in [0.29, 0.717) is 0 Å². The first kappa shape index (κ1) is 5.63. The van der Waals surface area contributed by atoms with Crippen molar-refractivity contribution in [1.29, 1.82) is 0 Å². The average molecular weight is 113 g/mol. The lowest BCUT2D eigenvalue weighted by Crippen LogP contribution is -2.11. The summed E-state index contributed by atoms with van der Waals surface area (Å²) in [6.45, 7) is 4.65. The van der Waals surface area contributed by atoms with Crippen LogP contribution in [0.1, 0.15) is 19.3 Å². The van der Waals surface area contributed by atoms with Crippen molar-refractivity contribution in [3.63, 3.8) is 0 Å². The van der Waals surface area contributed by atoms with Gasteiger partial charge in [-0.25, -0.2) is 0 Å². The Kier molecular flexibility index (Phi) is 1.92. The molecule has 1 N–H and O–H groups in total. The maximum Gasteiger partial charge on any atom is 0.117 e. The first-order valence-electron chi connectivity index (χ1n) is 2.97. The van der Waals surface area contributed by atoms with Crippen molar-refractivity contribution in [3.05, 3.63) is 12.3 Å². The summed E-state index contributed by atoms with van der Waals surface area (Å²) in [6, 6.07) is 0. The van der Waals surface area contributed by atoms with Crippen LogP contribution in [-0.4, -0.2) is 6.54 Å². The minimum Gasteiger partial charge on any atom is -0.414 e. The molecule has 0 aromatic rings. The molecule has 2 heteroatoms. The molecule has 1 rings (SSSR count). The standard InChI is InChI=1S/C6H11NO/c1-6-4-2-3-5-7-8-6/h7H,1-5H2. The SMILES string of the molecule is C=C1CCCCNO1. The molecule has 1 aliphatic rings. The number of nitrogens with one attached hydrogen (secondary N) is 1. The minimum atomic E-state index is 0.863. The largest absolute Gasteiger partial charge is 0.414 e. The summed E-state index contributed by atoms with van der Waals surface area (Å²) in [4.78, 5) is 4.96. The maximum absolute atomic E-state index is 4.96. The van der Waals surface area contributed by atoms with Crippen LogP contribution in [0.5, 0.6) is 0 Å². The third kappa shape index (κ3) is 1.54. The summed E-state index contributed by atoms with van der Waals surface area (Å²) in [6.07, 6.45) is 3.40. The van der Waals surface area contributed by atoms with E-state index < -0.39 is 0 Å². The molecule has 1 heterocycles. The molecule has 0 radical (unpaired) electrons. The Morgan fingerprint density at radius 1 is 1.50 bits per heavy atom. The fourth-order valence-electron chi connectivity index (χ4n) is 0.723. The molecule has 0 unspecified atom stereocenters. The Labute approximate surface area is 49.5 Å². The van der Waals surface area contributed by atoms with Crippen molar-refractivity contribution in [2.45, 2.75) is 19.3 Å². The van der Waals surface area contributed by atoms with E-state index in [0.717, 1.165) is 18.7 Å². The minimum absolute atomic E-state index is 0.863. The zero-order valence-electron chi connectivity index (χ0n) is 4.94. The fourth-order valence-corrected chi connectivity index (χ4v) is 0.723. The highest BCUT2D eigenvalue weighted by molar-refractivity contribution is 4.82. The number of hydrogen-bond acceptors (Lipinski definition) is 2. The maximum atomic E-state index is 4.96. The molecule has 0 amide bonds. The first-order chi connectivity index (χ1) is 3.89. The molecule has 0 spiro atoms. The second-order valence-electron chi connectivity index (χ2n) is 1.99. The van der Waals surface area contributed by atoms with E-state index in [1.807, 2.05) is 0 Å². The van der Waals surface area contributed by atoms with Gasteiger partial charge in [0.15, 0.2) is 0 Å². The van der Waals surface area contributed by atoms with E-state index in [1.165, 1.54) is 12.8 Å². The molecule has 0 bridgehead atoms. The zero-order valence-corrected chi connectivity index (χ0v) is 4.94. The lowest BCUT2D eigenvalue weighted by molar-refractivity contribution is 0.112. The Hall–Kier alpha value is -0.500. The van der Waals surface area contributed by atoms with Crippen LogP contribution < -0.4 is 5.48 Å². The summed E-state index contributed by atoms with van der Waals surface area (Å²) in [5, 5.41) is 0. The molecule has 1 aliphatic heterocycles. The molecule has 0 aromatic heterocycles. The quantitative estimate of drug-likeness (QED) is 0.509. The summed E-state index contributed by atoms with van der Waals surface area (Å²) < 4.78 is 0. The number of hydrogen-bond donors (Lipinski definition) is 1. The van der Waals surface area contributed by atoms with Gasteiger partial charge in [-0.3, -0.25) is 0 Å². The highest BCUT2D eigenvalue weighted by Crippen LogP contribution is 2.07. The smallest absolute Gasteiger partial charge is 0.117 e. The van der Waals surface area contributed by atoms with Crippen LogP contribution in [0, 0.1) is 0 Å². The third-order valence-electron chi connectivity index (χ3n) is 1.20. The van der Waals surface area contributed by atoms with E-state index in [2.05, 4.69) is 12.1 Å². The molecular formula is C6H11NO.